The molecule has 0 aliphatic carbocycles. The number of nitrogens with two attached hydrogens (primary N) is 1. The number of hydrogen-bond acceptors (Lipinski definition) is 5. The number of benzene rings is 2. The molecule has 30 heavy (non-hydrogen) atoms. The van der Waals surface area contributed by atoms with Gasteiger partial charge in [-0.15, -0.1) is 0 Å². The van der Waals surface area contributed by atoms with Gasteiger partial charge in [0.25, 0.3) is 0 Å². The molecule has 0 unspecified atom stereocenters. The zero-order chi connectivity index (χ0) is 21.6. The Morgan fingerprint density at radius 3 is 2.50 bits per heavy atom. The van der Waals surface area contributed by atoms with Gasteiger partial charge in [-0.1, -0.05) is 36.4 Å². The van der Waals surface area contributed by atoms with E-state index in [2.05, 4.69) is 20.6 Å². The van der Waals surface area contributed by atoms with Crippen LogP contribution in [-0.4, -0.2) is 15.9 Å². The molecule has 3 aromatic rings. The highest BCUT2D eigenvalue weighted by Crippen LogP contribution is 2.27. The fourth-order valence-electron chi connectivity index (χ4n) is 2.49. The van der Waals surface area contributed by atoms with Crippen LogP contribution in [0.15, 0.2) is 66.9 Å². The SMILES string of the molecule is Nc1ccccc1NC(=O)/C=C\c1ccc(CNc2nccc(C(F)(F)F)n2)cc1. The van der Waals surface area contributed by atoms with Gasteiger partial charge in [0.1, 0.15) is 5.69 Å². The molecule has 0 atom stereocenters. The number of halogens is 3. The van der Waals surface area contributed by atoms with Gasteiger partial charge in [-0.25, -0.2) is 9.97 Å². The molecule has 0 fully saturated rings. The molecule has 4 N–H and O–H groups in total. The van der Waals surface area contributed by atoms with Gasteiger partial charge in [0.05, 0.1) is 11.4 Å². The minimum absolute atomic E-state index is 0.106. The van der Waals surface area contributed by atoms with E-state index in [4.69, 9.17) is 5.73 Å². The van der Waals surface area contributed by atoms with Gasteiger partial charge in [-0.3, -0.25) is 4.79 Å². The third-order valence-electron chi connectivity index (χ3n) is 4.02. The van der Waals surface area contributed by atoms with E-state index in [1.165, 1.54) is 6.08 Å². The lowest BCUT2D eigenvalue weighted by Gasteiger charge is -2.08. The fourth-order valence-corrected chi connectivity index (χ4v) is 2.49. The summed E-state index contributed by atoms with van der Waals surface area (Å²) >= 11 is 0. The molecule has 1 heterocycles. The quantitative estimate of drug-likeness (QED) is 0.413. The van der Waals surface area contributed by atoms with Gasteiger partial charge >= 0.3 is 6.18 Å². The Kier molecular flexibility index (Phi) is 6.31. The van der Waals surface area contributed by atoms with Crippen molar-refractivity contribution in [3.63, 3.8) is 0 Å². The standard InChI is InChI=1S/C21H18F3N5O/c22-21(23,24)18-11-12-26-20(29-18)27-13-15-7-5-14(6-8-15)9-10-19(30)28-17-4-2-1-3-16(17)25/h1-12H,13,25H2,(H,28,30)(H,26,27,29)/b10-9-. The summed E-state index contributed by atoms with van der Waals surface area (Å²) in [6.45, 7) is 0.249. The third kappa shape index (κ3) is 5.81. The Balaban J connectivity index is 1.55. The van der Waals surface area contributed by atoms with Gasteiger partial charge in [-0.05, 0) is 35.4 Å². The molecule has 0 spiro atoms. The largest absolute Gasteiger partial charge is 0.433 e. The number of rotatable bonds is 6. The molecule has 0 radical (unpaired) electrons. The summed E-state index contributed by atoms with van der Waals surface area (Å²) in [5.74, 6) is -0.425. The Hall–Kier alpha value is -3.88. The Morgan fingerprint density at radius 1 is 1.07 bits per heavy atom. The lowest BCUT2D eigenvalue weighted by molar-refractivity contribution is -0.141. The van der Waals surface area contributed by atoms with Crippen molar-refractivity contribution in [2.45, 2.75) is 12.7 Å². The lowest BCUT2D eigenvalue weighted by Crippen LogP contribution is -2.11. The van der Waals surface area contributed by atoms with E-state index >= 15 is 0 Å². The first-order valence-electron chi connectivity index (χ1n) is 8.88. The number of alkyl halides is 3. The average Bonchev–Trinajstić information content (AvgIpc) is 2.73. The van der Waals surface area contributed by atoms with Crippen LogP contribution < -0.4 is 16.4 Å². The smallest absolute Gasteiger partial charge is 0.397 e. The van der Waals surface area contributed by atoms with Crippen LogP contribution >= 0.6 is 0 Å². The van der Waals surface area contributed by atoms with Crippen LogP contribution in [0.25, 0.3) is 6.08 Å². The van der Waals surface area contributed by atoms with Crippen LogP contribution in [0.4, 0.5) is 30.5 Å². The van der Waals surface area contributed by atoms with E-state index < -0.39 is 11.9 Å². The molecule has 154 valence electrons. The zero-order valence-electron chi connectivity index (χ0n) is 15.6. The minimum Gasteiger partial charge on any atom is -0.397 e. The summed E-state index contributed by atoms with van der Waals surface area (Å²) in [4.78, 5) is 19.2. The second-order valence-electron chi connectivity index (χ2n) is 6.27. The monoisotopic (exact) mass is 413 g/mol. The highest BCUT2D eigenvalue weighted by molar-refractivity contribution is 6.03. The van der Waals surface area contributed by atoms with Crippen LogP contribution in [0.3, 0.4) is 0 Å². The number of aromatic nitrogens is 2. The second-order valence-corrected chi connectivity index (χ2v) is 6.27. The van der Waals surface area contributed by atoms with Crippen molar-refractivity contribution < 1.29 is 18.0 Å². The van der Waals surface area contributed by atoms with Gasteiger partial charge < -0.3 is 16.4 Å². The first-order chi connectivity index (χ1) is 14.3. The molecule has 1 aromatic heterocycles. The van der Waals surface area contributed by atoms with Crippen molar-refractivity contribution in [3.8, 4) is 0 Å². The van der Waals surface area contributed by atoms with E-state index in [9.17, 15) is 18.0 Å². The summed E-state index contributed by atoms with van der Waals surface area (Å²) in [5, 5.41) is 5.45. The summed E-state index contributed by atoms with van der Waals surface area (Å²) in [6, 6.07) is 14.9. The van der Waals surface area contributed by atoms with Crippen molar-refractivity contribution in [2.75, 3.05) is 16.4 Å². The van der Waals surface area contributed by atoms with Crippen LogP contribution in [0.5, 0.6) is 0 Å². The molecule has 0 saturated carbocycles. The highest BCUT2D eigenvalue weighted by Gasteiger charge is 2.32. The van der Waals surface area contributed by atoms with E-state index in [1.54, 1.807) is 54.6 Å². The second kappa shape index (κ2) is 9.08. The average molecular weight is 413 g/mol. The van der Waals surface area contributed by atoms with Crippen molar-refractivity contribution >= 4 is 29.3 Å². The molecule has 6 nitrogen and oxygen atoms in total. The normalized spacial score (nSPS) is 11.4. The van der Waals surface area contributed by atoms with Gasteiger partial charge in [0.15, 0.2) is 0 Å². The molecule has 0 aliphatic heterocycles. The van der Waals surface area contributed by atoms with Gasteiger partial charge in [0, 0.05) is 18.8 Å². The minimum atomic E-state index is -4.52. The van der Waals surface area contributed by atoms with Gasteiger partial charge in [0.2, 0.25) is 11.9 Å². The molecule has 0 bridgehead atoms. The summed E-state index contributed by atoms with van der Waals surface area (Å²) < 4.78 is 38.1. The predicted octanol–water partition coefficient (Wildman–Crippen LogP) is 4.34. The molecular formula is C21H18F3N5O. The molecule has 3 rings (SSSR count). The van der Waals surface area contributed by atoms with Crippen LogP contribution in [0.1, 0.15) is 16.8 Å². The molecular weight excluding hydrogens is 395 g/mol. The Labute approximate surface area is 170 Å². The lowest BCUT2D eigenvalue weighted by atomic mass is 10.1. The summed E-state index contributed by atoms with van der Waals surface area (Å²) in [6.07, 6.45) is -0.441. The van der Waals surface area contributed by atoms with Crippen molar-refractivity contribution in [1.82, 2.24) is 9.97 Å². The van der Waals surface area contributed by atoms with Crippen molar-refractivity contribution in [2.24, 2.45) is 0 Å². The van der Waals surface area contributed by atoms with Crippen LogP contribution in [0.2, 0.25) is 0 Å². The number of nitrogens with zero attached hydrogens (tertiary/aromatic N) is 2. The highest BCUT2D eigenvalue weighted by atomic mass is 19.4. The van der Waals surface area contributed by atoms with E-state index in [-0.39, 0.29) is 18.4 Å². The van der Waals surface area contributed by atoms with Crippen molar-refractivity contribution in [3.05, 3.63) is 83.7 Å². The number of nitrogens with one attached hydrogen (secondary N) is 2. The van der Waals surface area contributed by atoms with Crippen molar-refractivity contribution in [1.29, 1.82) is 0 Å². The van der Waals surface area contributed by atoms with Crippen LogP contribution in [-0.2, 0) is 17.5 Å². The van der Waals surface area contributed by atoms with Gasteiger partial charge in [-0.2, -0.15) is 13.2 Å². The fraction of sp³-hybridized carbons (Fsp3) is 0.0952. The number of anilines is 3. The molecule has 0 aliphatic rings. The molecule has 2 aromatic carbocycles. The topological polar surface area (TPSA) is 92.9 Å². The number of hydrogen-bond donors (Lipinski definition) is 3. The maximum Gasteiger partial charge on any atom is 0.433 e. The maximum absolute atomic E-state index is 12.7. The third-order valence-corrected chi connectivity index (χ3v) is 4.02. The molecule has 9 heteroatoms. The van der Waals surface area contributed by atoms with E-state index in [0.29, 0.717) is 11.4 Å². The number of nitrogen functional groups attached to an aromatic ring is 1. The maximum atomic E-state index is 12.7. The summed E-state index contributed by atoms with van der Waals surface area (Å²) in [7, 11) is 0. The number of amides is 1. The first-order valence-corrected chi connectivity index (χ1v) is 8.88. The number of para-hydroxylation sites is 2. The first kappa shape index (κ1) is 20.8. The Morgan fingerprint density at radius 2 is 1.80 bits per heavy atom. The zero-order valence-corrected chi connectivity index (χ0v) is 15.6. The number of carbonyl (C=O) groups is 1. The van der Waals surface area contributed by atoms with E-state index in [1.807, 2.05) is 0 Å². The summed E-state index contributed by atoms with van der Waals surface area (Å²) in [5.41, 5.74) is 7.38. The number of carbonyl (C=O) groups excluding carboxylic acids is 1. The Bertz CT molecular complexity index is 1050. The van der Waals surface area contributed by atoms with Crippen LogP contribution in [0, 0.1) is 0 Å². The molecule has 0 saturated heterocycles. The predicted molar refractivity (Wildman–Crippen MR) is 109 cm³/mol. The molecule has 1 amide bonds. The van der Waals surface area contributed by atoms with E-state index in [0.717, 1.165) is 23.4 Å².